The Kier molecular flexibility index (Phi) is 2.68. The molecule has 0 radical (unpaired) electrons. The zero-order valence-corrected chi connectivity index (χ0v) is 11.7. The topological polar surface area (TPSA) is 3.24 Å². The SMILES string of the molecule is C1=Cc2ccccc2N(c2cccs2)c2ccccc21. The summed E-state index contributed by atoms with van der Waals surface area (Å²) in [6, 6.07) is 21.3. The molecule has 1 aliphatic rings. The molecule has 3 aromatic rings. The highest BCUT2D eigenvalue weighted by molar-refractivity contribution is 7.14. The predicted molar refractivity (Wildman–Crippen MR) is 87.9 cm³/mol. The van der Waals surface area contributed by atoms with Crippen LogP contribution in [0.25, 0.3) is 12.2 Å². The van der Waals surface area contributed by atoms with Crippen molar-refractivity contribution in [2.24, 2.45) is 0 Å². The molecule has 4 rings (SSSR count). The van der Waals surface area contributed by atoms with Crippen LogP contribution in [0.3, 0.4) is 0 Å². The molecule has 0 unspecified atom stereocenters. The van der Waals surface area contributed by atoms with Crippen LogP contribution in [0.15, 0.2) is 66.0 Å². The molecule has 0 amide bonds. The summed E-state index contributed by atoms with van der Waals surface area (Å²) >= 11 is 1.76. The Morgan fingerprint density at radius 3 is 1.80 bits per heavy atom. The Morgan fingerprint density at radius 2 is 1.25 bits per heavy atom. The third kappa shape index (κ3) is 1.77. The Hall–Kier alpha value is -2.32. The van der Waals surface area contributed by atoms with E-state index in [2.05, 4.69) is 83.1 Å². The minimum atomic E-state index is 1.23. The van der Waals surface area contributed by atoms with Gasteiger partial charge < -0.3 is 4.90 Å². The summed E-state index contributed by atoms with van der Waals surface area (Å²) in [7, 11) is 0. The van der Waals surface area contributed by atoms with E-state index in [-0.39, 0.29) is 0 Å². The number of anilines is 3. The molecule has 20 heavy (non-hydrogen) atoms. The van der Waals surface area contributed by atoms with Crippen LogP contribution in [0.2, 0.25) is 0 Å². The van der Waals surface area contributed by atoms with E-state index in [9.17, 15) is 0 Å². The highest BCUT2D eigenvalue weighted by atomic mass is 32.1. The van der Waals surface area contributed by atoms with Gasteiger partial charge in [-0.2, -0.15) is 0 Å². The maximum Gasteiger partial charge on any atom is 0.0999 e. The number of fused-ring (bicyclic) bond motifs is 2. The lowest BCUT2D eigenvalue weighted by Crippen LogP contribution is -2.09. The van der Waals surface area contributed by atoms with Crippen LogP contribution in [-0.2, 0) is 0 Å². The number of rotatable bonds is 1. The summed E-state index contributed by atoms with van der Waals surface area (Å²) in [6.45, 7) is 0. The zero-order chi connectivity index (χ0) is 13.4. The van der Waals surface area contributed by atoms with Crippen molar-refractivity contribution in [1.82, 2.24) is 0 Å². The van der Waals surface area contributed by atoms with E-state index in [0.29, 0.717) is 0 Å². The van der Waals surface area contributed by atoms with Crippen molar-refractivity contribution in [3.63, 3.8) is 0 Å². The number of benzene rings is 2. The van der Waals surface area contributed by atoms with Crippen molar-refractivity contribution >= 4 is 39.9 Å². The van der Waals surface area contributed by atoms with E-state index in [4.69, 9.17) is 0 Å². The quantitative estimate of drug-likeness (QED) is 0.430. The molecule has 96 valence electrons. The summed E-state index contributed by atoms with van der Waals surface area (Å²) in [5.74, 6) is 0. The Balaban J connectivity index is 2.03. The highest BCUT2D eigenvalue weighted by Gasteiger charge is 2.19. The third-order valence-corrected chi connectivity index (χ3v) is 4.38. The molecule has 0 fully saturated rings. The van der Waals surface area contributed by atoms with Crippen LogP contribution in [-0.4, -0.2) is 0 Å². The minimum Gasteiger partial charge on any atom is -0.301 e. The van der Waals surface area contributed by atoms with Gasteiger partial charge in [-0.15, -0.1) is 11.3 Å². The first-order valence-electron chi connectivity index (χ1n) is 6.63. The van der Waals surface area contributed by atoms with E-state index in [1.54, 1.807) is 11.3 Å². The van der Waals surface area contributed by atoms with Crippen LogP contribution < -0.4 is 4.90 Å². The maximum absolute atomic E-state index is 2.34. The Morgan fingerprint density at radius 1 is 0.650 bits per heavy atom. The van der Waals surface area contributed by atoms with Crippen molar-refractivity contribution in [2.75, 3.05) is 4.90 Å². The average molecular weight is 275 g/mol. The van der Waals surface area contributed by atoms with Gasteiger partial charge in [0.05, 0.1) is 16.4 Å². The third-order valence-electron chi connectivity index (χ3n) is 3.52. The summed E-state index contributed by atoms with van der Waals surface area (Å²) in [5, 5.41) is 3.37. The van der Waals surface area contributed by atoms with Gasteiger partial charge in [-0.3, -0.25) is 0 Å². The number of nitrogens with zero attached hydrogens (tertiary/aromatic N) is 1. The summed E-state index contributed by atoms with van der Waals surface area (Å²) in [5.41, 5.74) is 4.96. The summed E-state index contributed by atoms with van der Waals surface area (Å²) < 4.78 is 0. The smallest absolute Gasteiger partial charge is 0.0999 e. The monoisotopic (exact) mass is 275 g/mol. The fraction of sp³-hybridized carbons (Fsp3) is 0. The number of hydrogen-bond acceptors (Lipinski definition) is 2. The molecule has 1 aliphatic heterocycles. The van der Waals surface area contributed by atoms with Gasteiger partial charge in [0.15, 0.2) is 0 Å². The molecule has 0 atom stereocenters. The Bertz CT molecular complexity index is 722. The molecular weight excluding hydrogens is 262 g/mol. The van der Waals surface area contributed by atoms with E-state index in [1.807, 2.05) is 0 Å². The van der Waals surface area contributed by atoms with Crippen LogP contribution in [0, 0.1) is 0 Å². The molecule has 0 N–H and O–H groups in total. The highest BCUT2D eigenvalue weighted by Crippen LogP contribution is 2.43. The minimum absolute atomic E-state index is 1.23. The largest absolute Gasteiger partial charge is 0.301 e. The first-order chi connectivity index (χ1) is 9.93. The molecule has 1 aromatic heterocycles. The first-order valence-corrected chi connectivity index (χ1v) is 7.51. The normalized spacial score (nSPS) is 12.7. The van der Waals surface area contributed by atoms with Crippen molar-refractivity contribution in [3.05, 3.63) is 77.2 Å². The van der Waals surface area contributed by atoms with Gasteiger partial charge in [0, 0.05) is 0 Å². The molecule has 0 saturated heterocycles. The van der Waals surface area contributed by atoms with Gasteiger partial charge in [0.25, 0.3) is 0 Å². The molecule has 0 saturated carbocycles. The molecule has 0 aliphatic carbocycles. The first kappa shape index (κ1) is 11.5. The molecule has 2 heteroatoms. The second-order valence-electron chi connectivity index (χ2n) is 4.74. The second kappa shape index (κ2) is 4.66. The van der Waals surface area contributed by atoms with E-state index in [0.717, 1.165) is 0 Å². The Labute approximate surface area is 122 Å². The lowest BCUT2D eigenvalue weighted by molar-refractivity contribution is 1.31. The summed E-state index contributed by atoms with van der Waals surface area (Å²) in [4.78, 5) is 2.34. The number of thiophene rings is 1. The van der Waals surface area contributed by atoms with Gasteiger partial charge in [-0.05, 0) is 40.8 Å². The fourth-order valence-electron chi connectivity index (χ4n) is 2.61. The van der Waals surface area contributed by atoms with E-state index in [1.165, 1.54) is 27.5 Å². The van der Waals surface area contributed by atoms with E-state index < -0.39 is 0 Å². The van der Waals surface area contributed by atoms with Crippen molar-refractivity contribution in [3.8, 4) is 0 Å². The van der Waals surface area contributed by atoms with Crippen molar-refractivity contribution in [2.45, 2.75) is 0 Å². The van der Waals surface area contributed by atoms with Gasteiger partial charge in [-0.1, -0.05) is 48.6 Å². The fourth-order valence-corrected chi connectivity index (χ4v) is 3.36. The standard InChI is InChI=1S/C18H13NS/c1-3-8-16-14(6-1)11-12-15-7-2-4-9-17(15)19(16)18-10-5-13-20-18/h1-13H. The molecule has 2 heterocycles. The zero-order valence-electron chi connectivity index (χ0n) is 10.9. The molecule has 2 aromatic carbocycles. The average Bonchev–Trinajstić information content (AvgIpc) is 2.96. The van der Waals surface area contributed by atoms with Crippen molar-refractivity contribution in [1.29, 1.82) is 0 Å². The number of hydrogen-bond donors (Lipinski definition) is 0. The van der Waals surface area contributed by atoms with Gasteiger partial charge in [0.2, 0.25) is 0 Å². The van der Waals surface area contributed by atoms with Gasteiger partial charge in [-0.25, -0.2) is 0 Å². The van der Waals surface area contributed by atoms with Crippen LogP contribution in [0.5, 0.6) is 0 Å². The number of para-hydroxylation sites is 2. The molecule has 0 spiro atoms. The molecule has 0 bridgehead atoms. The molecule has 1 nitrogen and oxygen atoms in total. The van der Waals surface area contributed by atoms with Crippen LogP contribution in [0.4, 0.5) is 16.4 Å². The maximum atomic E-state index is 2.34. The lowest BCUT2D eigenvalue weighted by Gasteiger charge is -2.25. The van der Waals surface area contributed by atoms with Crippen molar-refractivity contribution < 1.29 is 0 Å². The van der Waals surface area contributed by atoms with Gasteiger partial charge >= 0.3 is 0 Å². The summed E-state index contributed by atoms with van der Waals surface area (Å²) in [6.07, 6.45) is 4.39. The lowest BCUT2D eigenvalue weighted by atomic mass is 10.1. The van der Waals surface area contributed by atoms with Crippen LogP contribution >= 0.6 is 11.3 Å². The molecular formula is C18H13NS. The predicted octanol–water partition coefficient (Wildman–Crippen LogP) is 5.70. The van der Waals surface area contributed by atoms with E-state index >= 15 is 0 Å². The van der Waals surface area contributed by atoms with Crippen LogP contribution in [0.1, 0.15) is 11.1 Å². The second-order valence-corrected chi connectivity index (χ2v) is 5.66. The van der Waals surface area contributed by atoms with Gasteiger partial charge in [0.1, 0.15) is 0 Å².